The summed E-state index contributed by atoms with van der Waals surface area (Å²) in [5.41, 5.74) is 5.66. The van der Waals surface area contributed by atoms with Crippen LogP contribution in [-0.4, -0.2) is 47.4 Å². The Morgan fingerprint density at radius 3 is 2.61 bits per heavy atom. The average Bonchev–Trinajstić information content (AvgIpc) is 3.23. The van der Waals surface area contributed by atoms with Crippen molar-refractivity contribution >= 4 is 23.5 Å². The van der Waals surface area contributed by atoms with Crippen LogP contribution in [0.4, 0.5) is 10.5 Å². The van der Waals surface area contributed by atoms with E-state index >= 15 is 0 Å². The molecule has 9 nitrogen and oxygen atoms in total. The van der Waals surface area contributed by atoms with Crippen LogP contribution in [0.2, 0.25) is 0 Å². The predicted molar refractivity (Wildman–Crippen MR) is 102 cm³/mol. The van der Waals surface area contributed by atoms with Crippen LogP contribution in [0, 0.1) is 0 Å². The Hall–Kier alpha value is -3.62. The van der Waals surface area contributed by atoms with Gasteiger partial charge in [0, 0.05) is 18.3 Å². The minimum atomic E-state index is -0.613. The van der Waals surface area contributed by atoms with Gasteiger partial charge in [0.15, 0.2) is 0 Å². The van der Waals surface area contributed by atoms with Gasteiger partial charge in [0.1, 0.15) is 11.8 Å². The number of anilines is 1. The van der Waals surface area contributed by atoms with Crippen molar-refractivity contribution in [2.45, 2.75) is 18.9 Å². The van der Waals surface area contributed by atoms with E-state index in [0.717, 1.165) is 0 Å². The third kappa shape index (κ3) is 4.56. The number of amides is 4. The normalized spacial score (nSPS) is 15.6. The fourth-order valence-corrected chi connectivity index (χ4v) is 2.94. The molecule has 0 bridgehead atoms. The summed E-state index contributed by atoms with van der Waals surface area (Å²) in [5.74, 6) is -0.131. The minimum Gasteiger partial charge on any atom is -0.497 e. The van der Waals surface area contributed by atoms with Crippen molar-refractivity contribution in [2.24, 2.45) is 0 Å². The number of carbonyl (C=O) groups is 3. The number of benzene rings is 1. The number of hydrogen-bond acceptors (Lipinski definition) is 5. The molecule has 146 valence electrons. The van der Waals surface area contributed by atoms with Crippen LogP contribution in [-0.2, 0) is 4.79 Å². The molecule has 1 saturated heterocycles. The molecule has 0 aliphatic carbocycles. The summed E-state index contributed by atoms with van der Waals surface area (Å²) in [6.07, 6.45) is 4.39. The van der Waals surface area contributed by atoms with Crippen LogP contribution in [0.1, 0.15) is 23.2 Å². The SMILES string of the molecule is COc1ccc(C(=O)NNC(=O)N2CCCC2C(=O)Nc2cccnc2)cc1. The summed E-state index contributed by atoms with van der Waals surface area (Å²) >= 11 is 0. The van der Waals surface area contributed by atoms with E-state index in [2.05, 4.69) is 21.2 Å². The summed E-state index contributed by atoms with van der Waals surface area (Å²) in [6, 6.07) is 8.75. The van der Waals surface area contributed by atoms with Crippen molar-refractivity contribution in [2.75, 3.05) is 19.0 Å². The van der Waals surface area contributed by atoms with E-state index in [-0.39, 0.29) is 5.91 Å². The zero-order chi connectivity index (χ0) is 19.9. The van der Waals surface area contributed by atoms with Crippen molar-refractivity contribution in [3.05, 3.63) is 54.4 Å². The molecule has 1 aromatic carbocycles. The second-order valence-electron chi connectivity index (χ2n) is 6.20. The number of carbonyl (C=O) groups excluding carboxylic acids is 3. The Kier molecular flexibility index (Phi) is 6.05. The predicted octanol–water partition coefficient (Wildman–Crippen LogP) is 1.55. The van der Waals surface area contributed by atoms with Crippen molar-refractivity contribution in [1.29, 1.82) is 0 Å². The molecule has 3 N–H and O–H groups in total. The molecule has 0 spiro atoms. The number of nitrogens with zero attached hydrogens (tertiary/aromatic N) is 2. The Morgan fingerprint density at radius 2 is 1.93 bits per heavy atom. The lowest BCUT2D eigenvalue weighted by Crippen LogP contribution is -2.52. The van der Waals surface area contributed by atoms with Crippen molar-refractivity contribution in [3.8, 4) is 5.75 Å². The average molecular weight is 383 g/mol. The van der Waals surface area contributed by atoms with Crippen molar-refractivity contribution in [3.63, 3.8) is 0 Å². The minimum absolute atomic E-state index is 0.290. The van der Waals surface area contributed by atoms with Gasteiger partial charge < -0.3 is 15.0 Å². The number of ether oxygens (including phenoxy) is 1. The lowest BCUT2D eigenvalue weighted by Gasteiger charge is -2.24. The van der Waals surface area contributed by atoms with Gasteiger partial charge in [-0.1, -0.05) is 0 Å². The first-order valence-electron chi connectivity index (χ1n) is 8.80. The van der Waals surface area contributed by atoms with E-state index in [9.17, 15) is 14.4 Å². The summed E-state index contributed by atoms with van der Waals surface area (Å²) in [4.78, 5) is 42.4. The van der Waals surface area contributed by atoms with Crippen LogP contribution >= 0.6 is 0 Å². The monoisotopic (exact) mass is 383 g/mol. The summed E-state index contributed by atoms with van der Waals surface area (Å²) < 4.78 is 5.04. The van der Waals surface area contributed by atoms with Gasteiger partial charge in [-0.25, -0.2) is 10.2 Å². The number of methoxy groups -OCH3 is 1. The smallest absolute Gasteiger partial charge is 0.336 e. The van der Waals surface area contributed by atoms with E-state index in [1.165, 1.54) is 18.2 Å². The molecule has 1 aromatic heterocycles. The van der Waals surface area contributed by atoms with Gasteiger partial charge in [0.2, 0.25) is 5.91 Å². The summed E-state index contributed by atoms with van der Waals surface area (Å²) in [7, 11) is 1.53. The number of rotatable bonds is 4. The number of aromatic nitrogens is 1. The molecular weight excluding hydrogens is 362 g/mol. The molecule has 4 amide bonds. The van der Waals surface area contributed by atoms with Crippen LogP contribution in [0.25, 0.3) is 0 Å². The number of hydrogen-bond donors (Lipinski definition) is 3. The van der Waals surface area contributed by atoms with E-state index in [4.69, 9.17) is 4.74 Å². The van der Waals surface area contributed by atoms with E-state index in [0.29, 0.717) is 36.4 Å². The highest BCUT2D eigenvalue weighted by Gasteiger charge is 2.34. The fourth-order valence-electron chi connectivity index (χ4n) is 2.94. The summed E-state index contributed by atoms with van der Waals surface area (Å²) in [6.45, 7) is 0.426. The highest BCUT2D eigenvalue weighted by atomic mass is 16.5. The molecule has 1 atom stereocenters. The number of urea groups is 1. The quantitative estimate of drug-likeness (QED) is 0.694. The van der Waals surface area contributed by atoms with Crippen LogP contribution in [0.5, 0.6) is 5.75 Å². The van der Waals surface area contributed by atoms with Gasteiger partial charge in [-0.05, 0) is 49.2 Å². The Morgan fingerprint density at radius 1 is 1.14 bits per heavy atom. The molecule has 1 aliphatic heterocycles. The van der Waals surface area contributed by atoms with Gasteiger partial charge in [-0.15, -0.1) is 0 Å². The lowest BCUT2D eigenvalue weighted by molar-refractivity contribution is -0.119. The van der Waals surface area contributed by atoms with Crippen LogP contribution < -0.4 is 20.9 Å². The van der Waals surface area contributed by atoms with Crippen LogP contribution in [0.15, 0.2) is 48.8 Å². The molecule has 1 aliphatic rings. The molecule has 1 unspecified atom stereocenters. The Bertz CT molecular complexity index is 841. The topological polar surface area (TPSA) is 113 Å². The molecule has 0 radical (unpaired) electrons. The third-order valence-corrected chi connectivity index (χ3v) is 4.38. The molecular formula is C19H21N5O4. The zero-order valence-electron chi connectivity index (χ0n) is 15.3. The standard InChI is InChI=1S/C19H21N5O4/c1-28-15-8-6-13(7-9-15)17(25)22-23-19(27)24-11-3-5-16(24)18(26)21-14-4-2-10-20-12-14/h2,4,6-10,12,16H,3,5,11H2,1H3,(H,21,26)(H,22,25)(H,23,27). The molecule has 0 saturated carbocycles. The fraction of sp³-hybridized carbons (Fsp3) is 0.263. The number of pyridine rings is 1. The maximum atomic E-state index is 12.5. The molecule has 3 rings (SSSR count). The molecule has 9 heteroatoms. The molecule has 1 fully saturated rings. The first-order chi connectivity index (χ1) is 13.6. The van der Waals surface area contributed by atoms with E-state index in [1.807, 2.05) is 0 Å². The second kappa shape index (κ2) is 8.85. The maximum Gasteiger partial charge on any atom is 0.336 e. The molecule has 28 heavy (non-hydrogen) atoms. The second-order valence-corrected chi connectivity index (χ2v) is 6.20. The van der Waals surface area contributed by atoms with Gasteiger partial charge in [-0.2, -0.15) is 0 Å². The zero-order valence-corrected chi connectivity index (χ0v) is 15.3. The van der Waals surface area contributed by atoms with Gasteiger partial charge in [0.25, 0.3) is 5.91 Å². The van der Waals surface area contributed by atoms with Gasteiger partial charge >= 0.3 is 6.03 Å². The molecule has 2 heterocycles. The van der Waals surface area contributed by atoms with Crippen molar-refractivity contribution in [1.82, 2.24) is 20.7 Å². The summed E-state index contributed by atoms with van der Waals surface area (Å²) in [5, 5.41) is 2.75. The highest BCUT2D eigenvalue weighted by Crippen LogP contribution is 2.19. The molecule has 2 aromatic rings. The van der Waals surface area contributed by atoms with Gasteiger partial charge in [0.05, 0.1) is 19.0 Å². The third-order valence-electron chi connectivity index (χ3n) is 4.38. The van der Waals surface area contributed by atoms with Crippen LogP contribution in [0.3, 0.4) is 0 Å². The lowest BCUT2D eigenvalue weighted by atomic mass is 10.2. The maximum absolute atomic E-state index is 12.5. The first kappa shape index (κ1) is 19.2. The van der Waals surface area contributed by atoms with Gasteiger partial charge in [-0.3, -0.25) is 20.0 Å². The number of likely N-dealkylation sites (tertiary alicyclic amines) is 1. The van der Waals surface area contributed by atoms with Crippen molar-refractivity contribution < 1.29 is 19.1 Å². The van der Waals surface area contributed by atoms with E-state index in [1.54, 1.807) is 42.6 Å². The van der Waals surface area contributed by atoms with E-state index < -0.39 is 18.0 Å². The largest absolute Gasteiger partial charge is 0.497 e. The Labute approximate surface area is 162 Å². The number of hydrazine groups is 1. The highest BCUT2D eigenvalue weighted by molar-refractivity contribution is 5.98. The number of nitrogens with one attached hydrogen (secondary N) is 3. The Balaban J connectivity index is 1.55. The first-order valence-corrected chi connectivity index (χ1v) is 8.80.